The van der Waals surface area contributed by atoms with Crippen LogP contribution in [0.15, 0.2) is 24.8 Å². The van der Waals surface area contributed by atoms with Gasteiger partial charge in [0.25, 0.3) is 0 Å². The molecule has 6 heteroatoms. The lowest BCUT2D eigenvalue weighted by Gasteiger charge is -2.12. The molecule has 5 nitrogen and oxygen atoms in total. The fourth-order valence-electron chi connectivity index (χ4n) is 1.77. The second kappa shape index (κ2) is 7.33. The monoisotopic (exact) mass is 312 g/mol. The van der Waals surface area contributed by atoms with Crippen LogP contribution in [0.5, 0.6) is 11.5 Å². The van der Waals surface area contributed by atoms with Crippen LogP contribution in [-0.2, 0) is 20.9 Å². The third kappa shape index (κ3) is 4.12. The van der Waals surface area contributed by atoms with Crippen molar-refractivity contribution in [2.45, 2.75) is 26.1 Å². The Morgan fingerprint density at radius 2 is 2.33 bits per heavy atom. The second-order valence-electron chi connectivity index (χ2n) is 4.51. The number of benzene rings is 1. The van der Waals surface area contributed by atoms with Gasteiger partial charge in [0.1, 0.15) is 6.61 Å². The fourth-order valence-corrected chi connectivity index (χ4v) is 2.06. The average Bonchev–Trinajstić information content (AvgIpc) is 2.93. The molecule has 114 valence electrons. The van der Waals surface area contributed by atoms with E-state index in [1.165, 1.54) is 0 Å². The van der Waals surface area contributed by atoms with Gasteiger partial charge >= 0.3 is 5.97 Å². The molecule has 1 aliphatic heterocycles. The summed E-state index contributed by atoms with van der Waals surface area (Å²) in [7, 11) is 0. The first kappa shape index (κ1) is 15.7. The lowest BCUT2D eigenvalue weighted by atomic mass is 10.2. The third-order valence-corrected chi connectivity index (χ3v) is 3.17. The Hall–Kier alpha value is -1.72. The Morgan fingerprint density at radius 3 is 3.10 bits per heavy atom. The minimum atomic E-state index is -0.616. The number of hydrogen-bond acceptors (Lipinski definition) is 5. The van der Waals surface area contributed by atoms with E-state index in [1.807, 2.05) is 0 Å². The molecule has 2 rings (SSSR count). The Kier molecular flexibility index (Phi) is 5.47. The lowest BCUT2D eigenvalue weighted by Crippen LogP contribution is -2.23. The van der Waals surface area contributed by atoms with Gasteiger partial charge in [0, 0.05) is 0 Å². The van der Waals surface area contributed by atoms with Crippen LogP contribution in [0, 0.1) is 0 Å². The van der Waals surface area contributed by atoms with Crippen LogP contribution in [0.2, 0.25) is 5.02 Å². The van der Waals surface area contributed by atoms with E-state index >= 15 is 0 Å². The molecule has 1 heterocycles. The first-order valence-corrected chi connectivity index (χ1v) is 6.96. The Morgan fingerprint density at radius 1 is 1.52 bits per heavy atom. The largest absolute Gasteiger partial charge is 0.459 e. The van der Waals surface area contributed by atoms with Crippen LogP contribution < -0.4 is 9.47 Å². The summed E-state index contributed by atoms with van der Waals surface area (Å²) in [6, 6.07) is 3.43. The molecule has 0 saturated carbocycles. The van der Waals surface area contributed by atoms with Crippen molar-refractivity contribution in [3.05, 3.63) is 35.4 Å². The van der Waals surface area contributed by atoms with Gasteiger partial charge in [-0.15, -0.1) is 6.58 Å². The highest BCUT2D eigenvalue weighted by atomic mass is 35.5. The highest BCUT2D eigenvalue weighted by molar-refractivity contribution is 6.32. The van der Waals surface area contributed by atoms with Crippen molar-refractivity contribution in [1.82, 2.24) is 0 Å². The van der Waals surface area contributed by atoms with Crippen LogP contribution in [0.25, 0.3) is 0 Å². The maximum Gasteiger partial charge on any atom is 0.335 e. The number of carbonyl (C=O) groups is 1. The number of hydrogen-bond donors (Lipinski definition) is 0. The van der Waals surface area contributed by atoms with Crippen LogP contribution in [0.3, 0.4) is 0 Å². The highest BCUT2D eigenvalue weighted by Gasteiger charge is 2.20. The summed E-state index contributed by atoms with van der Waals surface area (Å²) >= 11 is 6.06. The minimum absolute atomic E-state index is 0.102. The zero-order chi connectivity index (χ0) is 15.2. The first-order valence-electron chi connectivity index (χ1n) is 6.59. The normalized spacial score (nSPS) is 13.8. The van der Waals surface area contributed by atoms with Crippen molar-refractivity contribution >= 4 is 17.6 Å². The number of rotatable bonds is 7. The van der Waals surface area contributed by atoms with Gasteiger partial charge in [-0.2, -0.15) is 0 Å². The topological polar surface area (TPSA) is 54.0 Å². The fraction of sp³-hybridized carbons (Fsp3) is 0.400. The van der Waals surface area contributed by atoms with E-state index in [2.05, 4.69) is 6.58 Å². The molecule has 0 aromatic heterocycles. The van der Waals surface area contributed by atoms with E-state index in [4.69, 9.17) is 30.5 Å². The van der Waals surface area contributed by atoms with E-state index in [-0.39, 0.29) is 13.4 Å². The van der Waals surface area contributed by atoms with Crippen molar-refractivity contribution in [2.75, 3.05) is 13.4 Å². The van der Waals surface area contributed by atoms with Crippen molar-refractivity contribution in [3.63, 3.8) is 0 Å². The lowest BCUT2D eigenvalue weighted by molar-refractivity contribution is -0.157. The molecule has 0 fully saturated rings. The van der Waals surface area contributed by atoms with Gasteiger partial charge in [0.2, 0.25) is 6.79 Å². The van der Waals surface area contributed by atoms with Crippen molar-refractivity contribution in [3.8, 4) is 11.5 Å². The van der Waals surface area contributed by atoms with Gasteiger partial charge in [-0.1, -0.05) is 17.7 Å². The van der Waals surface area contributed by atoms with E-state index in [0.29, 0.717) is 29.5 Å². The zero-order valence-corrected chi connectivity index (χ0v) is 12.5. The van der Waals surface area contributed by atoms with E-state index < -0.39 is 12.1 Å². The third-order valence-electron chi connectivity index (χ3n) is 2.89. The molecule has 1 aromatic carbocycles. The van der Waals surface area contributed by atoms with E-state index in [1.54, 1.807) is 25.1 Å². The maximum atomic E-state index is 11.8. The highest BCUT2D eigenvalue weighted by Crippen LogP contribution is 2.39. The number of esters is 1. The van der Waals surface area contributed by atoms with Crippen LogP contribution in [0.4, 0.5) is 0 Å². The van der Waals surface area contributed by atoms with Gasteiger partial charge < -0.3 is 18.9 Å². The standard InChI is InChI=1S/C15H17ClO5/c1-3-4-5-18-10(2)15(17)19-8-11-6-12(16)14-13(7-11)20-9-21-14/h3,6-7,10H,1,4-5,8-9H2,2H3. The Balaban J connectivity index is 1.87. The molecule has 1 atom stereocenters. The SMILES string of the molecule is C=CCCOC(C)C(=O)OCc1cc(Cl)c2c(c1)OCO2. The van der Waals surface area contributed by atoms with Gasteiger partial charge in [-0.3, -0.25) is 0 Å². The molecule has 0 saturated heterocycles. The molecule has 0 N–H and O–H groups in total. The predicted molar refractivity (Wildman–Crippen MR) is 77.6 cm³/mol. The molecule has 0 amide bonds. The maximum absolute atomic E-state index is 11.8. The van der Waals surface area contributed by atoms with Crippen LogP contribution >= 0.6 is 11.6 Å². The number of halogens is 1. The van der Waals surface area contributed by atoms with Crippen molar-refractivity contribution in [2.24, 2.45) is 0 Å². The van der Waals surface area contributed by atoms with Crippen LogP contribution in [0.1, 0.15) is 18.9 Å². The van der Waals surface area contributed by atoms with Crippen LogP contribution in [-0.4, -0.2) is 25.5 Å². The van der Waals surface area contributed by atoms with Gasteiger partial charge in [-0.25, -0.2) is 4.79 Å². The number of ether oxygens (including phenoxy) is 4. The summed E-state index contributed by atoms with van der Waals surface area (Å²) in [5.41, 5.74) is 0.732. The Labute approximate surface area is 128 Å². The first-order chi connectivity index (χ1) is 10.1. The van der Waals surface area contributed by atoms with E-state index in [0.717, 1.165) is 5.56 Å². The molecular weight excluding hydrogens is 296 g/mol. The predicted octanol–water partition coefficient (Wildman–Crippen LogP) is 3.09. The summed E-state index contributed by atoms with van der Waals surface area (Å²) in [6.07, 6.45) is 1.80. The summed E-state index contributed by atoms with van der Waals surface area (Å²) in [6.45, 7) is 5.92. The molecule has 0 aliphatic carbocycles. The van der Waals surface area contributed by atoms with Crippen molar-refractivity contribution < 1.29 is 23.7 Å². The number of fused-ring (bicyclic) bond motifs is 1. The number of carbonyl (C=O) groups excluding carboxylic acids is 1. The van der Waals surface area contributed by atoms with Gasteiger partial charge in [0.15, 0.2) is 17.6 Å². The molecule has 0 spiro atoms. The molecule has 1 aromatic rings. The molecule has 1 unspecified atom stereocenters. The quantitative estimate of drug-likeness (QED) is 0.440. The molecule has 0 bridgehead atoms. The minimum Gasteiger partial charge on any atom is -0.459 e. The van der Waals surface area contributed by atoms with Gasteiger partial charge in [0.05, 0.1) is 11.6 Å². The van der Waals surface area contributed by atoms with Gasteiger partial charge in [-0.05, 0) is 31.0 Å². The smallest absolute Gasteiger partial charge is 0.335 e. The summed E-state index contributed by atoms with van der Waals surface area (Å²) in [4.78, 5) is 11.8. The zero-order valence-electron chi connectivity index (χ0n) is 11.8. The molecule has 1 aliphatic rings. The molecular formula is C15H17ClO5. The summed E-state index contributed by atoms with van der Waals surface area (Å²) in [5, 5.41) is 0.436. The molecule has 21 heavy (non-hydrogen) atoms. The summed E-state index contributed by atoms with van der Waals surface area (Å²) in [5.74, 6) is 0.657. The average molecular weight is 313 g/mol. The molecule has 0 radical (unpaired) electrons. The Bertz CT molecular complexity index is 529. The summed E-state index contributed by atoms with van der Waals surface area (Å²) < 4.78 is 21.0. The second-order valence-corrected chi connectivity index (χ2v) is 4.92. The van der Waals surface area contributed by atoms with Crippen molar-refractivity contribution in [1.29, 1.82) is 0 Å². The van der Waals surface area contributed by atoms with E-state index in [9.17, 15) is 4.79 Å².